The molecule has 1 rings (SSSR count). The minimum Gasteiger partial charge on any atom is -0.394 e. The summed E-state index contributed by atoms with van der Waals surface area (Å²) in [7, 11) is 0. The number of aliphatic hydroxyl groups excluding tert-OH is 4. The molecule has 0 bridgehead atoms. The molecule has 0 saturated carbocycles. The first-order chi connectivity index (χ1) is 10.0. The molecule has 0 radical (unpaired) electrons. The molecule has 1 saturated heterocycles. The second-order valence-corrected chi connectivity index (χ2v) is 5.71. The van der Waals surface area contributed by atoms with E-state index in [1.165, 1.54) is 12.8 Å². The van der Waals surface area contributed by atoms with Gasteiger partial charge in [-0.3, -0.25) is 0 Å². The zero-order valence-electron chi connectivity index (χ0n) is 13.0. The van der Waals surface area contributed by atoms with Crippen LogP contribution in [0.25, 0.3) is 0 Å². The van der Waals surface area contributed by atoms with Crippen LogP contribution in [-0.4, -0.2) is 63.8 Å². The summed E-state index contributed by atoms with van der Waals surface area (Å²) in [4.78, 5) is 0. The Morgan fingerprint density at radius 3 is 2.29 bits per heavy atom. The van der Waals surface area contributed by atoms with Gasteiger partial charge in [0.1, 0.15) is 24.4 Å². The van der Waals surface area contributed by atoms with Crippen molar-refractivity contribution in [1.29, 1.82) is 0 Å². The Kier molecular flexibility index (Phi) is 8.70. The molecule has 0 aromatic carbocycles. The molecule has 0 aromatic heterocycles. The third-order valence-corrected chi connectivity index (χ3v) is 4.01. The van der Waals surface area contributed by atoms with Gasteiger partial charge in [-0.25, -0.2) is 0 Å². The number of aliphatic hydroxyl groups is 4. The van der Waals surface area contributed by atoms with Crippen molar-refractivity contribution in [3.8, 4) is 0 Å². The van der Waals surface area contributed by atoms with Gasteiger partial charge in [-0.2, -0.15) is 0 Å². The van der Waals surface area contributed by atoms with Gasteiger partial charge in [-0.1, -0.05) is 39.5 Å². The molecule has 0 aromatic rings. The fourth-order valence-electron chi connectivity index (χ4n) is 2.54. The monoisotopic (exact) mass is 306 g/mol. The third-order valence-electron chi connectivity index (χ3n) is 4.01. The molecule has 1 fully saturated rings. The van der Waals surface area contributed by atoms with Crippen molar-refractivity contribution < 1.29 is 29.9 Å². The van der Waals surface area contributed by atoms with E-state index >= 15 is 0 Å². The summed E-state index contributed by atoms with van der Waals surface area (Å²) in [6, 6.07) is 0. The highest BCUT2D eigenvalue weighted by atomic mass is 16.7. The van der Waals surface area contributed by atoms with Gasteiger partial charge in [0, 0.05) is 0 Å². The van der Waals surface area contributed by atoms with Crippen LogP contribution in [0, 0.1) is 0 Å². The lowest BCUT2D eigenvalue weighted by atomic mass is 9.99. The van der Waals surface area contributed by atoms with Crippen LogP contribution in [0.4, 0.5) is 0 Å². The average Bonchev–Trinajstić information content (AvgIpc) is 2.50. The van der Waals surface area contributed by atoms with Crippen LogP contribution in [0.2, 0.25) is 0 Å². The number of rotatable bonds is 9. The molecule has 1 aliphatic heterocycles. The number of ether oxygens (including phenoxy) is 2. The zero-order chi connectivity index (χ0) is 15.8. The first-order valence-electron chi connectivity index (χ1n) is 8.01. The van der Waals surface area contributed by atoms with E-state index in [-0.39, 0.29) is 6.10 Å². The summed E-state index contributed by atoms with van der Waals surface area (Å²) in [6.07, 6.45) is 0.175. The zero-order valence-corrected chi connectivity index (χ0v) is 13.0. The standard InChI is InChI=1S/C15H30O6/c1-3-5-6-7-8-10(4-2)20-15-14(19)13(18)12(17)11(9-16)21-15/h10-19H,3-9H2,1-2H3/t10?,11-,12-,13+,14-,15-/m1/s1. The fourth-order valence-corrected chi connectivity index (χ4v) is 2.54. The molecule has 4 N–H and O–H groups in total. The van der Waals surface area contributed by atoms with Gasteiger partial charge in [0.15, 0.2) is 6.29 Å². The minimum atomic E-state index is -1.38. The Bertz CT molecular complexity index is 273. The van der Waals surface area contributed by atoms with Gasteiger partial charge in [-0.05, 0) is 12.8 Å². The van der Waals surface area contributed by atoms with Crippen LogP contribution < -0.4 is 0 Å². The lowest BCUT2D eigenvalue weighted by Crippen LogP contribution is -2.59. The second kappa shape index (κ2) is 9.71. The van der Waals surface area contributed by atoms with E-state index in [4.69, 9.17) is 14.6 Å². The van der Waals surface area contributed by atoms with E-state index in [1.54, 1.807) is 0 Å². The summed E-state index contributed by atoms with van der Waals surface area (Å²) in [6.45, 7) is 3.72. The van der Waals surface area contributed by atoms with E-state index in [2.05, 4.69) is 6.92 Å². The molecular weight excluding hydrogens is 276 g/mol. The first-order valence-corrected chi connectivity index (χ1v) is 8.01. The smallest absolute Gasteiger partial charge is 0.186 e. The normalized spacial score (nSPS) is 34.9. The van der Waals surface area contributed by atoms with Crippen LogP contribution in [0.5, 0.6) is 0 Å². The summed E-state index contributed by atoms with van der Waals surface area (Å²) >= 11 is 0. The van der Waals surface area contributed by atoms with Gasteiger partial charge in [0.2, 0.25) is 0 Å². The van der Waals surface area contributed by atoms with Crippen LogP contribution in [-0.2, 0) is 9.47 Å². The van der Waals surface area contributed by atoms with Crippen LogP contribution in [0.1, 0.15) is 52.4 Å². The predicted octanol–water partition coefficient (Wildman–Crippen LogP) is 0.552. The molecular formula is C15H30O6. The topological polar surface area (TPSA) is 99.4 Å². The Hall–Kier alpha value is -0.240. The summed E-state index contributed by atoms with van der Waals surface area (Å²) in [5.41, 5.74) is 0. The molecule has 6 atom stereocenters. The van der Waals surface area contributed by atoms with Crippen LogP contribution in [0.3, 0.4) is 0 Å². The summed E-state index contributed by atoms with van der Waals surface area (Å²) < 4.78 is 11.1. The molecule has 0 spiro atoms. The van der Waals surface area contributed by atoms with Crippen molar-refractivity contribution in [3.05, 3.63) is 0 Å². The maximum absolute atomic E-state index is 9.93. The third kappa shape index (κ3) is 5.47. The van der Waals surface area contributed by atoms with Gasteiger partial charge in [0.05, 0.1) is 12.7 Å². The van der Waals surface area contributed by atoms with E-state index in [0.717, 1.165) is 25.7 Å². The Balaban J connectivity index is 2.49. The average molecular weight is 306 g/mol. The quantitative estimate of drug-likeness (QED) is 0.464. The highest BCUT2D eigenvalue weighted by Crippen LogP contribution is 2.24. The van der Waals surface area contributed by atoms with Gasteiger partial charge in [0.25, 0.3) is 0 Å². The molecule has 0 amide bonds. The first kappa shape index (κ1) is 18.8. The predicted molar refractivity (Wildman–Crippen MR) is 77.7 cm³/mol. The number of hydrogen-bond donors (Lipinski definition) is 4. The lowest BCUT2D eigenvalue weighted by Gasteiger charge is -2.40. The van der Waals surface area contributed by atoms with E-state index in [9.17, 15) is 15.3 Å². The maximum atomic E-state index is 9.93. The summed E-state index contributed by atoms with van der Waals surface area (Å²) in [5.74, 6) is 0. The molecule has 1 aliphatic rings. The van der Waals surface area contributed by atoms with Crippen molar-refractivity contribution in [2.45, 2.75) is 89.2 Å². The molecule has 1 heterocycles. The number of hydrogen-bond acceptors (Lipinski definition) is 6. The molecule has 126 valence electrons. The van der Waals surface area contributed by atoms with E-state index < -0.39 is 37.3 Å². The van der Waals surface area contributed by atoms with Gasteiger partial charge in [-0.15, -0.1) is 0 Å². The minimum absolute atomic E-state index is 0.0664. The highest BCUT2D eigenvalue weighted by molar-refractivity contribution is 4.89. The molecule has 1 unspecified atom stereocenters. The van der Waals surface area contributed by atoms with Gasteiger partial charge < -0.3 is 29.9 Å². The SMILES string of the molecule is CCCCCCC(CC)O[C@@H]1O[C@H](CO)[C@@H](O)[C@H](O)[C@H]1O. The second-order valence-electron chi connectivity index (χ2n) is 5.71. The molecule has 6 heteroatoms. The van der Waals surface area contributed by atoms with Gasteiger partial charge >= 0.3 is 0 Å². The largest absolute Gasteiger partial charge is 0.394 e. The molecule has 21 heavy (non-hydrogen) atoms. The van der Waals surface area contributed by atoms with E-state index in [1.807, 2.05) is 6.92 Å². The van der Waals surface area contributed by atoms with Crippen molar-refractivity contribution in [2.24, 2.45) is 0 Å². The van der Waals surface area contributed by atoms with Crippen molar-refractivity contribution in [3.63, 3.8) is 0 Å². The lowest BCUT2D eigenvalue weighted by molar-refractivity contribution is -0.311. The summed E-state index contributed by atoms with van der Waals surface area (Å²) in [5, 5.41) is 38.5. The van der Waals surface area contributed by atoms with Crippen LogP contribution in [0.15, 0.2) is 0 Å². The van der Waals surface area contributed by atoms with E-state index in [0.29, 0.717) is 0 Å². The number of unbranched alkanes of at least 4 members (excludes halogenated alkanes) is 3. The van der Waals surface area contributed by atoms with Crippen molar-refractivity contribution in [1.82, 2.24) is 0 Å². The molecule has 0 aliphatic carbocycles. The Morgan fingerprint density at radius 2 is 1.71 bits per heavy atom. The molecule has 6 nitrogen and oxygen atoms in total. The Morgan fingerprint density at radius 1 is 1.00 bits per heavy atom. The maximum Gasteiger partial charge on any atom is 0.186 e. The van der Waals surface area contributed by atoms with Crippen molar-refractivity contribution in [2.75, 3.05) is 6.61 Å². The van der Waals surface area contributed by atoms with Crippen molar-refractivity contribution >= 4 is 0 Å². The fraction of sp³-hybridized carbons (Fsp3) is 1.00. The Labute approximate surface area is 126 Å². The highest BCUT2D eigenvalue weighted by Gasteiger charge is 2.44. The van der Waals surface area contributed by atoms with Crippen LogP contribution >= 0.6 is 0 Å².